The van der Waals surface area contributed by atoms with Crippen molar-refractivity contribution in [2.24, 2.45) is 5.92 Å². The number of nitrogens with zero attached hydrogens (tertiary/aromatic N) is 1. The summed E-state index contributed by atoms with van der Waals surface area (Å²) in [7, 11) is 0. The Hall–Kier alpha value is -1.17. The topological polar surface area (TPSA) is 44.4 Å². The predicted molar refractivity (Wildman–Crippen MR) is 92.5 cm³/mol. The highest BCUT2D eigenvalue weighted by Gasteiger charge is 2.25. The minimum Gasteiger partial charge on any atom is -0.322 e. The van der Waals surface area contributed by atoms with Crippen molar-refractivity contribution in [1.29, 1.82) is 0 Å². The van der Waals surface area contributed by atoms with E-state index in [0.29, 0.717) is 12.6 Å². The van der Waals surface area contributed by atoms with Gasteiger partial charge in [-0.2, -0.15) is 0 Å². The van der Waals surface area contributed by atoms with Gasteiger partial charge in [-0.25, -0.2) is 4.39 Å². The average Bonchev–Trinajstić information content (AvgIpc) is 3.33. The van der Waals surface area contributed by atoms with Crippen LogP contribution in [0.15, 0.2) is 24.3 Å². The van der Waals surface area contributed by atoms with Crippen LogP contribution in [0.5, 0.6) is 0 Å². The highest BCUT2D eigenvalue weighted by molar-refractivity contribution is 5.92. The van der Waals surface area contributed by atoms with Crippen molar-refractivity contribution >= 4 is 24.0 Å². The quantitative estimate of drug-likeness (QED) is 0.836. The summed E-state index contributed by atoms with van der Waals surface area (Å²) in [5, 5.41) is 6.27. The van der Waals surface area contributed by atoms with Gasteiger partial charge in [0.15, 0.2) is 0 Å². The molecule has 2 fully saturated rings. The molecule has 1 saturated carbocycles. The highest BCUT2D eigenvalue weighted by atomic mass is 35.5. The van der Waals surface area contributed by atoms with Gasteiger partial charge < -0.3 is 10.6 Å². The number of rotatable bonds is 6. The first kappa shape index (κ1) is 18.2. The van der Waals surface area contributed by atoms with Crippen LogP contribution in [0.25, 0.3) is 0 Å². The average molecular weight is 342 g/mol. The maximum absolute atomic E-state index is 13.5. The highest BCUT2D eigenvalue weighted by Crippen LogP contribution is 2.28. The van der Waals surface area contributed by atoms with Crippen LogP contribution in [0.1, 0.15) is 25.7 Å². The summed E-state index contributed by atoms with van der Waals surface area (Å²) in [5.41, 5.74) is 0.258. The molecule has 0 bridgehead atoms. The van der Waals surface area contributed by atoms with Crippen molar-refractivity contribution in [2.45, 2.75) is 31.7 Å². The number of carbonyl (C=O) groups excluding carboxylic acids is 1. The molecule has 2 N–H and O–H groups in total. The van der Waals surface area contributed by atoms with E-state index in [2.05, 4.69) is 15.5 Å². The molecule has 4 nitrogen and oxygen atoms in total. The summed E-state index contributed by atoms with van der Waals surface area (Å²) < 4.78 is 13.5. The molecule has 1 amide bonds. The number of hydrogen-bond donors (Lipinski definition) is 2. The van der Waals surface area contributed by atoms with Gasteiger partial charge in [-0.3, -0.25) is 9.69 Å². The zero-order chi connectivity index (χ0) is 15.4. The van der Waals surface area contributed by atoms with Gasteiger partial charge in [0.05, 0.1) is 12.2 Å². The van der Waals surface area contributed by atoms with Crippen LogP contribution in [-0.2, 0) is 4.79 Å². The van der Waals surface area contributed by atoms with E-state index < -0.39 is 0 Å². The summed E-state index contributed by atoms with van der Waals surface area (Å²) in [6, 6.07) is 6.86. The van der Waals surface area contributed by atoms with E-state index in [1.807, 2.05) is 0 Å². The molecule has 1 aliphatic heterocycles. The molecule has 128 valence electrons. The maximum Gasteiger partial charge on any atom is 0.238 e. The van der Waals surface area contributed by atoms with Gasteiger partial charge >= 0.3 is 0 Å². The number of nitrogens with one attached hydrogen (secondary N) is 2. The Morgan fingerprint density at radius 1 is 1.17 bits per heavy atom. The second-order valence-corrected chi connectivity index (χ2v) is 6.43. The van der Waals surface area contributed by atoms with E-state index in [-0.39, 0.29) is 29.8 Å². The van der Waals surface area contributed by atoms with Crippen molar-refractivity contribution in [2.75, 3.05) is 31.5 Å². The number of benzene rings is 1. The molecule has 0 aromatic heterocycles. The third-order valence-corrected chi connectivity index (χ3v) is 4.49. The molecule has 0 unspecified atom stereocenters. The van der Waals surface area contributed by atoms with Gasteiger partial charge in [0.2, 0.25) is 5.91 Å². The first-order chi connectivity index (χ1) is 10.7. The molecular formula is C17H25ClFN3O. The summed E-state index contributed by atoms with van der Waals surface area (Å²) in [4.78, 5) is 14.1. The number of halogens is 2. The van der Waals surface area contributed by atoms with Crippen molar-refractivity contribution in [3.8, 4) is 0 Å². The Labute approximate surface area is 143 Å². The monoisotopic (exact) mass is 341 g/mol. The molecule has 1 aliphatic carbocycles. The maximum atomic E-state index is 13.5. The molecule has 3 rings (SSSR count). The molecule has 0 spiro atoms. The van der Waals surface area contributed by atoms with E-state index in [1.165, 1.54) is 18.9 Å². The summed E-state index contributed by atoms with van der Waals surface area (Å²) in [5.74, 6) is 0.373. The van der Waals surface area contributed by atoms with E-state index >= 15 is 0 Å². The lowest BCUT2D eigenvalue weighted by molar-refractivity contribution is -0.117. The van der Waals surface area contributed by atoms with Crippen LogP contribution in [0, 0.1) is 11.7 Å². The fourth-order valence-electron chi connectivity index (χ4n) is 2.91. The number of carbonyl (C=O) groups is 1. The molecular weight excluding hydrogens is 317 g/mol. The van der Waals surface area contributed by atoms with Gasteiger partial charge in [-0.15, -0.1) is 12.4 Å². The van der Waals surface area contributed by atoms with Gasteiger partial charge in [0.25, 0.3) is 0 Å². The molecule has 1 saturated heterocycles. The van der Waals surface area contributed by atoms with Crippen LogP contribution in [0.3, 0.4) is 0 Å². The third-order valence-electron chi connectivity index (χ3n) is 4.49. The van der Waals surface area contributed by atoms with Crippen molar-refractivity contribution in [3.63, 3.8) is 0 Å². The Balaban J connectivity index is 0.00000192. The van der Waals surface area contributed by atoms with Crippen molar-refractivity contribution < 1.29 is 9.18 Å². The fraction of sp³-hybridized carbons (Fsp3) is 0.588. The lowest BCUT2D eigenvalue weighted by atomic mass is 10.0. The number of para-hydroxylation sites is 1. The van der Waals surface area contributed by atoms with E-state index in [9.17, 15) is 9.18 Å². The Bertz CT molecular complexity index is 516. The molecule has 23 heavy (non-hydrogen) atoms. The zero-order valence-corrected chi connectivity index (χ0v) is 14.1. The molecule has 6 heteroatoms. The number of amides is 1. The SMILES string of the molecule is Cl.O=C(CN1CCC(NCC2CC2)CC1)Nc1ccccc1F. The first-order valence-corrected chi connectivity index (χ1v) is 8.21. The Morgan fingerprint density at radius 2 is 1.87 bits per heavy atom. The van der Waals surface area contributed by atoms with E-state index in [1.54, 1.807) is 18.2 Å². The number of likely N-dealkylation sites (tertiary alicyclic amines) is 1. The summed E-state index contributed by atoms with van der Waals surface area (Å²) in [6.45, 7) is 3.34. The second kappa shape index (κ2) is 8.62. The largest absolute Gasteiger partial charge is 0.322 e. The van der Waals surface area contributed by atoms with Gasteiger partial charge in [-0.1, -0.05) is 12.1 Å². The number of anilines is 1. The van der Waals surface area contributed by atoms with Crippen LogP contribution in [0.4, 0.5) is 10.1 Å². The normalized spacial score (nSPS) is 19.2. The Morgan fingerprint density at radius 3 is 2.52 bits per heavy atom. The Kier molecular flexibility index (Phi) is 6.81. The van der Waals surface area contributed by atoms with Gasteiger partial charge in [0, 0.05) is 19.1 Å². The van der Waals surface area contributed by atoms with E-state index in [4.69, 9.17) is 0 Å². The van der Waals surface area contributed by atoms with Crippen molar-refractivity contribution in [1.82, 2.24) is 10.2 Å². The molecule has 1 aromatic rings. The van der Waals surface area contributed by atoms with Crippen molar-refractivity contribution in [3.05, 3.63) is 30.1 Å². The molecule has 0 radical (unpaired) electrons. The van der Waals surface area contributed by atoms with Crippen LogP contribution in [-0.4, -0.2) is 43.0 Å². The minimum atomic E-state index is -0.390. The van der Waals surface area contributed by atoms with E-state index in [0.717, 1.165) is 38.4 Å². The first-order valence-electron chi connectivity index (χ1n) is 8.21. The van der Waals surface area contributed by atoms with Gasteiger partial charge in [0.1, 0.15) is 5.82 Å². The minimum absolute atomic E-state index is 0. The van der Waals surface area contributed by atoms with Gasteiger partial charge in [-0.05, 0) is 50.3 Å². The standard InChI is InChI=1S/C17H24FN3O.ClH/c18-15-3-1-2-4-16(15)20-17(22)12-21-9-7-14(8-10-21)19-11-13-5-6-13;/h1-4,13-14,19H,5-12H2,(H,20,22);1H. The zero-order valence-electron chi connectivity index (χ0n) is 13.3. The summed E-state index contributed by atoms with van der Waals surface area (Å²) in [6.07, 6.45) is 4.92. The predicted octanol–water partition coefficient (Wildman–Crippen LogP) is 2.65. The molecule has 1 aromatic carbocycles. The van der Waals surface area contributed by atoms with Crippen LogP contribution < -0.4 is 10.6 Å². The second-order valence-electron chi connectivity index (χ2n) is 6.43. The molecule has 1 heterocycles. The van der Waals surface area contributed by atoms with Crippen LogP contribution >= 0.6 is 12.4 Å². The number of hydrogen-bond acceptors (Lipinski definition) is 3. The summed E-state index contributed by atoms with van der Waals surface area (Å²) >= 11 is 0. The lowest BCUT2D eigenvalue weighted by Crippen LogP contribution is -2.45. The molecule has 0 atom stereocenters. The third kappa shape index (κ3) is 5.75. The smallest absolute Gasteiger partial charge is 0.238 e. The number of piperidine rings is 1. The lowest BCUT2D eigenvalue weighted by Gasteiger charge is -2.32. The van der Waals surface area contributed by atoms with Crippen LogP contribution in [0.2, 0.25) is 0 Å². The molecule has 2 aliphatic rings. The fourth-order valence-corrected chi connectivity index (χ4v) is 2.91.